The van der Waals surface area contributed by atoms with Gasteiger partial charge in [-0.1, -0.05) is 0 Å². The quantitative estimate of drug-likeness (QED) is 0.337. The number of esters is 1. The summed E-state index contributed by atoms with van der Waals surface area (Å²) in [5, 5.41) is 10.2. The van der Waals surface area contributed by atoms with Gasteiger partial charge in [-0.2, -0.15) is 0 Å². The van der Waals surface area contributed by atoms with Crippen LogP contribution in [0.4, 0.5) is 0 Å². The van der Waals surface area contributed by atoms with E-state index >= 15 is 0 Å². The fraction of sp³-hybridized carbons (Fsp3) is 0.208. The number of hydrogen-bond acceptors (Lipinski definition) is 6. The zero-order valence-electron chi connectivity index (χ0n) is 16.5. The Morgan fingerprint density at radius 3 is 2.00 bits per heavy atom. The molecule has 0 aliphatic heterocycles. The van der Waals surface area contributed by atoms with E-state index < -0.39 is 12.3 Å². The van der Waals surface area contributed by atoms with Crippen LogP contribution in [-0.2, 0) is 0 Å². The number of ether oxygens (including phenoxy) is 4. The number of hydrogen-bond donors (Lipinski definition) is 1. The molecule has 0 spiro atoms. The number of aliphatic hydroxyl groups excluding tert-OH is 1. The molecule has 30 heavy (non-hydrogen) atoms. The number of rotatable bonds is 8. The molecule has 1 fully saturated rings. The van der Waals surface area contributed by atoms with Gasteiger partial charge in [0, 0.05) is 5.56 Å². The van der Waals surface area contributed by atoms with Crippen molar-refractivity contribution in [1.82, 2.24) is 0 Å². The Labute approximate surface area is 174 Å². The summed E-state index contributed by atoms with van der Waals surface area (Å²) in [6, 6.07) is 20.3. The van der Waals surface area contributed by atoms with Crippen LogP contribution in [0.25, 0.3) is 0 Å². The van der Waals surface area contributed by atoms with Gasteiger partial charge in [-0.15, -0.1) is 0 Å². The molecule has 154 valence electrons. The number of carbonyl (C=O) groups is 1. The Hall–Kier alpha value is -3.51. The normalized spacial score (nSPS) is 13.9. The van der Waals surface area contributed by atoms with Gasteiger partial charge in [-0.3, -0.25) is 0 Å². The van der Waals surface area contributed by atoms with Gasteiger partial charge in [0.25, 0.3) is 0 Å². The molecule has 1 atom stereocenters. The summed E-state index contributed by atoms with van der Waals surface area (Å²) in [5.41, 5.74) is 0.966. The van der Waals surface area contributed by atoms with Crippen LogP contribution in [0.5, 0.6) is 23.0 Å². The van der Waals surface area contributed by atoms with Crippen molar-refractivity contribution in [2.75, 3.05) is 7.11 Å². The van der Waals surface area contributed by atoms with Crippen molar-refractivity contribution in [3.05, 3.63) is 83.9 Å². The van der Waals surface area contributed by atoms with Gasteiger partial charge in [-0.25, -0.2) is 4.79 Å². The lowest BCUT2D eigenvalue weighted by molar-refractivity contribution is -0.0194. The van der Waals surface area contributed by atoms with Crippen molar-refractivity contribution >= 4 is 5.97 Å². The zero-order valence-corrected chi connectivity index (χ0v) is 16.5. The van der Waals surface area contributed by atoms with Crippen LogP contribution in [0.2, 0.25) is 0 Å². The molecule has 6 heteroatoms. The third-order valence-corrected chi connectivity index (χ3v) is 4.60. The number of aliphatic hydroxyl groups is 1. The van der Waals surface area contributed by atoms with E-state index in [1.165, 1.54) is 0 Å². The molecule has 0 bridgehead atoms. The molecule has 1 unspecified atom stereocenters. The molecular weight excluding hydrogens is 384 g/mol. The average molecular weight is 406 g/mol. The standard InChI is InChI=1S/C24H22O6/c1-27-18-6-2-16(3-7-18)23(25)29-21-8-4-17(5-9-21)24(26)30-22-14-12-20(13-15-22)28-19-10-11-19/h2-9,12-15,19,23,25H,10-11H2,1H3. The molecule has 0 saturated heterocycles. The Kier molecular flexibility index (Phi) is 5.86. The van der Waals surface area contributed by atoms with E-state index in [2.05, 4.69) is 0 Å². The van der Waals surface area contributed by atoms with Crippen molar-refractivity contribution in [2.45, 2.75) is 25.2 Å². The first kappa shape index (κ1) is 19.8. The van der Waals surface area contributed by atoms with Crippen LogP contribution in [0.1, 0.15) is 35.1 Å². The van der Waals surface area contributed by atoms with Crippen LogP contribution >= 0.6 is 0 Å². The molecule has 3 aromatic carbocycles. The van der Waals surface area contributed by atoms with Crippen LogP contribution in [0.15, 0.2) is 72.8 Å². The fourth-order valence-corrected chi connectivity index (χ4v) is 2.77. The van der Waals surface area contributed by atoms with Crippen molar-refractivity contribution in [2.24, 2.45) is 0 Å². The van der Waals surface area contributed by atoms with E-state index in [0.717, 1.165) is 18.6 Å². The van der Waals surface area contributed by atoms with Gasteiger partial charge in [0.1, 0.15) is 23.0 Å². The molecule has 1 aliphatic rings. The number of benzene rings is 3. The first-order chi connectivity index (χ1) is 14.6. The lowest BCUT2D eigenvalue weighted by atomic mass is 10.2. The monoisotopic (exact) mass is 406 g/mol. The highest BCUT2D eigenvalue weighted by molar-refractivity contribution is 5.91. The maximum atomic E-state index is 12.3. The SMILES string of the molecule is COc1ccc(C(O)Oc2ccc(C(=O)Oc3ccc(OC4CC4)cc3)cc2)cc1. The van der Waals surface area contributed by atoms with Crippen LogP contribution < -0.4 is 18.9 Å². The highest BCUT2D eigenvalue weighted by Gasteiger charge is 2.23. The van der Waals surface area contributed by atoms with Gasteiger partial charge in [0.15, 0.2) is 0 Å². The molecule has 3 aromatic rings. The summed E-state index contributed by atoms with van der Waals surface area (Å²) >= 11 is 0. The first-order valence-corrected chi connectivity index (χ1v) is 9.68. The Balaban J connectivity index is 1.33. The third-order valence-electron chi connectivity index (χ3n) is 4.60. The lowest BCUT2D eigenvalue weighted by Gasteiger charge is -2.14. The molecule has 1 saturated carbocycles. The lowest BCUT2D eigenvalue weighted by Crippen LogP contribution is -2.09. The molecule has 1 N–H and O–H groups in total. The first-order valence-electron chi connectivity index (χ1n) is 9.68. The fourth-order valence-electron chi connectivity index (χ4n) is 2.77. The molecule has 4 rings (SSSR count). The molecule has 0 radical (unpaired) electrons. The van der Waals surface area contributed by atoms with Crippen LogP contribution in [0, 0.1) is 0 Å². The van der Waals surface area contributed by atoms with E-state index in [1.807, 2.05) is 0 Å². The van der Waals surface area contributed by atoms with Gasteiger partial charge >= 0.3 is 5.97 Å². The predicted octanol–water partition coefficient (Wildman–Crippen LogP) is 4.53. The summed E-state index contributed by atoms with van der Waals surface area (Å²) in [6.07, 6.45) is 1.37. The van der Waals surface area contributed by atoms with E-state index in [0.29, 0.717) is 34.5 Å². The third kappa shape index (κ3) is 5.10. The molecule has 0 aromatic heterocycles. The molecule has 1 aliphatic carbocycles. The zero-order chi connectivity index (χ0) is 20.9. The Morgan fingerprint density at radius 2 is 1.40 bits per heavy atom. The largest absolute Gasteiger partial charge is 0.497 e. The maximum absolute atomic E-state index is 12.3. The minimum atomic E-state index is -1.13. The Morgan fingerprint density at radius 1 is 0.833 bits per heavy atom. The van der Waals surface area contributed by atoms with Crippen molar-refractivity contribution in [3.63, 3.8) is 0 Å². The van der Waals surface area contributed by atoms with Crippen LogP contribution in [-0.4, -0.2) is 24.3 Å². The van der Waals surface area contributed by atoms with Crippen LogP contribution in [0.3, 0.4) is 0 Å². The maximum Gasteiger partial charge on any atom is 0.343 e. The molecule has 6 nitrogen and oxygen atoms in total. The highest BCUT2D eigenvalue weighted by atomic mass is 16.6. The van der Waals surface area contributed by atoms with E-state index in [4.69, 9.17) is 18.9 Å². The minimum absolute atomic E-state index is 0.322. The van der Waals surface area contributed by atoms with Gasteiger partial charge < -0.3 is 24.1 Å². The smallest absolute Gasteiger partial charge is 0.343 e. The summed E-state index contributed by atoms with van der Waals surface area (Å²) in [5.74, 6) is 1.86. The summed E-state index contributed by atoms with van der Waals surface area (Å²) in [7, 11) is 1.58. The van der Waals surface area contributed by atoms with E-state index in [-0.39, 0.29) is 0 Å². The molecular formula is C24H22O6. The molecule has 0 amide bonds. The predicted molar refractivity (Wildman–Crippen MR) is 110 cm³/mol. The number of methoxy groups -OCH3 is 1. The van der Waals surface area contributed by atoms with Crippen molar-refractivity contribution < 1.29 is 28.8 Å². The van der Waals surface area contributed by atoms with Crippen molar-refractivity contribution in [1.29, 1.82) is 0 Å². The van der Waals surface area contributed by atoms with E-state index in [9.17, 15) is 9.90 Å². The van der Waals surface area contributed by atoms with Gasteiger partial charge in [-0.05, 0) is 85.6 Å². The minimum Gasteiger partial charge on any atom is -0.497 e. The second-order valence-corrected chi connectivity index (χ2v) is 6.95. The summed E-state index contributed by atoms with van der Waals surface area (Å²) < 4.78 is 21.7. The number of carbonyl (C=O) groups excluding carboxylic acids is 1. The topological polar surface area (TPSA) is 74.2 Å². The van der Waals surface area contributed by atoms with Crippen molar-refractivity contribution in [3.8, 4) is 23.0 Å². The second-order valence-electron chi connectivity index (χ2n) is 6.95. The van der Waals surface area contributed by atoms with E-state index in [1.54, 1.807) is 79.9 Å². The van der Waals surface area contributed by atoms with Gasteiger partial charge in [0.05, 0.1) is 18.8 Å². The summed E-state index contributed by atoms with van der Waals surface area (Å²) in [4.78, 5) is 12.3. The van der Waals surface area contributed by atoms with Gasteiger partial charge in [0.2, 0.25) is 6.29 Å². The average Bonchev–Trinajstić information content (AvgIpc) is 3.59. The summed E-state index contributed by atoms with van der Waals surface area (Å²) in [6.45, 7) is 0. The Bertz CT molecular complexity index is 976. The highest BCUT2D eigenvalue weighted by Crippen LogP contribution is 2.28. The molecule has 0 heterocycles. The second kappa shape index (κ2) is 8.88.